The van der Waals surface area contributed by atoms with Gasteiger partial charge in [0.15, 0.2) is 0 Å². The lowest BCUT2D eigenvalue weighted by Gasteiger charge is -2.20. The van der Waals surface area contributed by atoms with Crippen LogP contribution >= 0.6 is 11.6 Å². The van der Waals surface area contributed by atoms with Crippen LogP contribution in [0.5, 0.6) is 0 Å². The number of nitrogen functional groups attached to an aromatic ring is 1. The highest BCUT2D eigenvalue weighted by Gasteiger charge is 2.23. The van der Waals surface area contributed by atoms with Gasteiger partial charge in [-0.3, -0.25) is 10.1 Å². The van der Waals surface area contributed by atoms with E-state index < -0.39 is 11.2 Å². The van der Waals surface area contributed by atoms with Gasteiger partial charge in [0, 0.05) is 6.07 Å². The molecule has 0 fully saturated rings. The van der Waals surface area contributed by atoms with Crippen LogP contribution in [0.1, 0.15) is 27.2 Å². The monoisotopic (exact) mass is 288 g/mol. The highest BCUT2D eigenvalue weighted by Crippen LogP contribution is 2.32. The summed E-state index contributed by atoms with van der Waals surface area (Å²) in [5.41, 5.74) is 5.26. The van der Waals surface area contributed by atoms with Gasteiger partial charge in [-0.25, -0.2) is 4.98 Å². The first-order valence-corrected chi connectivity index (χ1v) is 6.25. The third-order valence-electron chi connectivity index (χ3n) is 2.28. The van der Waals surface area contributed by atoms with Gasteiger partial charge in [-0.05, 0) is 20.3 Å². The van der Waals surface area contributed by atoms with Crippen LogP contribution in [0.3, 0.4) is 0 Å². The van der Waals surface area contributed by atoms with Crippen LogP contribution in [0.25, 0.3) is 0 Å². The van der Waals surface area contributed by atoms with Crippen LogP contribution in [0.15, 0.2) is 6.07 Å². The number of ether oxygens (including phenoxy) is 1. The Bertz CT molecular complexity index is 467. The largest absolute Gasteiger partial charge is 0.393 e. The average Bonchev–Trinajstić information content (AvgIpc) is 2.25. The number of anilines is 2. The first-order chi connectivity index (χ1) is 8.85. The predicted octanol–water partition coefficient (Wildman–Crippen LogP) is 2.80. The van der Waals surface area contributed by atoms with E-state index in [1.165, 1.54) is 6.07 Å². The topological polar surface area (TPSA) is 103 Å². The first-order valence-electron chi connectivity index (χ1n) is 5.87. The zero-order valence-corrected chi connectivity index (χ0v) is 11.8. The molecule has 1 atom stereocenters. The zero-order chi connectivity index (χ0) is 14.6. The number of nitro groups is 1. The van der Waals surface area contributed by atoms with E-state index in [1.54, 1.807) is 0 Å². The molecule has 3 N–H and O–H groups in total. The summed E-state index contributed by atoms with van der Waals surface area (Å²) in [6, 6.07) is 1.25. The number of nitrogens with zero attached hydrogens (tertiary/aromatic N) is 2. The Kier molecular flexibility index (Phi) is 5.31. The van der Waals surface area contributed by atoms with Crippen LogP contribution in [0.4, 0.5) is 17.2 Å². The van der Waals surface area contributed by atoms with Crippen molar-refractivity contribution in [3.05, 3.63) is 21.3 Å². The van der Waals surface area contributed by atoms with Crippen LogP contribution in [0.2, 0.25) is 5.15 Å². The number of aromatic nitrogens is 1. The highest BCUT2D eigenvalue weighted by molar-refractivity contribution is 6.30. The van der Waals surface area contributed by atoms with E-state index in [-0.39, 0.29) is 28.4 Å². The average molecular weight is 289 g/mol. The molecule has 7 nitrogen and oxygen atoms in total. The number of hydrogen-bond acceptors (Lipinski definition) is 6. The number of pyridine rings is 1. The Hall–Kier alpha value is -1.60. The Balaban J connectivity index is 3.07. The summed E-state index contributed by atoms with van der Waals surface area (Å²) < 4.78 is 5.56. The summed E-state index contributed by atoms with van der Waals surface area (Å²) >= 11 is 5.76. The Morgan fingerprint density at radius 3 is 2.74 bits per heavy atom. The second-order valence-corrected chi connectivity index (χ2v) is 4.60. The number of halogens is 1. The third-order valence-corrected chi connectivity index (χ3v) is 2.47. The van der Waals surface area contributed by atoms with Gasteiger partial charge < -0.3 is 15.8 Å². The molecule has 0 aliphatic carbocycles. The van der Waals surface area contributed by atoms with E-state index in [2.05, 4.69) is 10.3 Å². The summed E-state index contributed by atoms with van der Waals surface area (Å²) in [7, 11) is 0. The van der Waals surface area contributed by atoms with Crippen LogP contribution in [-0.4, -0.2) is 22.2 Å². The van der Waals surface area contributed by atoms with E-state index in [0.29, 0.717) is 6.42 Å². The highest BCUT2D eigenvalue weighted by atomic mass is 35.5. The Labute approximate surface area is 116 Å². The fraction of sp³-hybridized carbons (Fsp3) is 0.545. The lowest BCUT2D eigenvalue weighted by molar-refractivity contribution is -0.383. The van der Waals surface area contributed by atoms with Crippen molar-refractivity contribution in [2.75, 3.05) is 11.1 Å². The van der Waals surface area contributed by atoms with Crippen LogP contribution in [0, 0.1) is 10.1 Å². The molecule has 0 aliphatic rings. The van der Waals surface area contributed by atoms with Gasteiger partial charge in [0.25, 0.3) is 0 Å². The summed E-state index contributed by atoms with van der Waals surface area (Å²) in [6.07, 6.45) is 0.195. The lowest BCUT2D eigenvalue weighted by atomic mass is 10.3. The molecule has 0 radical (unpaired) electrons. The number of nitrogens with two attached hydrogens (primary N) is 1. The van der Waals surface area contributed by atoms with Crippen LogP contribution in [-0.2, 0) is 4.74 Å². The molecule has 1 aromatic rings. The van der Waals surface area contributed by atoms with Gasteiger partial charge in [-0.2, -0.15) is 0 Å². The summed E-state index contributed by atoms with van der Waals surface area (Å²) in [4.78, 5) is 14.3. The molecule has 0 aliphatic heterocycles. The molecule has 1 heterocycles. The van der Waals surface area contributed by atoms with Gasteiger partial charge in [-0.1, -0.05) is 18.5 Å². The van der Waals surface area contributed by atoms with Gasteiger partial charge in [0.05, 0.1) is 11.0 Å². The fourth-order valence-electron chi connectivity index (χ4n) is 1.53. The minimum atomic E-state index is -0.594. The number of hydrogen-bond donors (Lipinski definition) is 2. The molecule has 0 bridgehead atoms. The van der Waals surface area contributed by atoms with Gasteiger partial charge in [0.1, 0.15) is 17.1 Å². The van der Waals surface area contributed by atoms with Crippen molar-refractivity contribution >= 4 is 28.8 Å². The van der Waals surface area contributed by atoms with Gasteiger partial charge in [-0.15, -0.1) is 0 Å². The minimum Gasteiger partial charge on any atom is -0.393 e. The quantitative estimate of drug-likeness (QED) is 0.361. The summed E-state index contributed by atoms with van der Waals surface area (Å²) in [5.74, 6) is 0.0162. The van der Waals surface area contributed by atoms with E-state index in [1.807, 2.05) is 20.8 Å². The first kappa shape index (κ1) is 15.5. The molecule has 1 unspecified atom stereocenters. The van der Waals surface area contributed by atoms with Crippen molar-refractivity contribution in [3.8, 4) is 0 Å². The molecule has 8 heteroatoms. The summed E-state index contributed by atoms with van der Waals surface area (Å²) in [5, 5.41) is 13.9. The molecule has 0 saturated carbocycles. The standard InChI is InChI=1S/C11H17ClN4O3/c1-4-9(19-6(2)3)15-11-10(16(17)18)7(13)5-8(12)14-11/h5-6,9H,4H2,1-3H3,(H3,13,14,15). The second kappa shape index (κ2) is 6.53. The van der Waals surface area contributed by atoms with E-state index in [9.17, 15) is 10.1 Å². The Morgan fingerprint density at radius 2 is 2.26 bits per heavy atom. The van der Waals surface area contributed by atoms with Crippen LogP contribution < -0.4 is 11.1 Å². The van der Waals surface area contributed by atoms with E-state index in [0.717, 1.165) is 0 Å². The smallest absolute Gasteiger partial charge is 0.334 e. The molecule has 0 saturated heterocycles. The second-order valence-electron chi connectivity index (χ2n) is 4.21. The van der Waals surface area contributed by atoms with Crippen molar-refractivity contribution in [1.29, 1.82) is 0 Å². The maximum absolute atomic E-state index is 11.0. The van der Waals surface area contributed by atoms with E-state index >= 15 is 0 Å². The molecule has 1 rings (SSSR count). The molecular weight excluding hydrogens is 272 g/mol. The summed E-state index contributed by atoms with van der Waals surface area (Å²) in [6.45, 7) is 5.64. The normalized spacial score (nSPS) is 12.5. The molecule has 0 spiro atoms. The van der Waals surface area contributed by atoms with Crippen molar-refractivity contribution in [2.45, 2.75) is 39.5 Å². The maximum Gasteiger partial charge on any atom is 0.334 e. The molecule has 0 aromatic carbocycles. The lowest BCUT2D eigenvalue weighted by Crippen LogP contribution is -2.26. The van der Waals surface area contributed by atoms with Crippen molar-refractivity contribution in [3.63, 3.8) is 0 Å². The molecule has 106 valence electrons. The Morgan fingerprint density at radius 1 is 1.63 bits per heavy atom. The molecular formula is C11H17ClN4O3. The minimum absolute atomic E-state index is 0.0162. The zero-order valence-electron chi connectivity index (χ0n) is 11.0. The van der Waals surface area contributed by atoms with Gasteiger partial charge >= 0.3 is 5.69 Å². The number of rotatable bonds is 6. The predicted molar refractivity (Wildman–Crippen MR) is 74.2 cm³/mol. The van der Waals surface area contributed by atoms with Crippen molar-refractivity contribution in [2.24, 2.45) is 0 Å². The number of nitrogens with one attached hydrogen (secondary N) is 1. The van der Waals surface area contributed by atoms with Gasteiger partial charge in [0.2, 0.25) is 5.82 Å². The van der Waals surface area contributed by atoms with Crippen molar-refractivity contribution in [1.82, 2.24) is 4.98 Å². The van der Waals surface area contributed by atoms with E-state index in [4.69, 9.17) is 22.1 Å². The molecule has 1 aromatic heterocycles. The fourth-order valence-corrected chi connectivity index (χ4v) is 1.73. The van der Waals surface area contributed by atoms with Crippen molar-refractivity contribution < 1.29 is 9.66 Å². The molecule has 19 heavy (non-hydrogen) atoms. The third kappa shape index (κ3) is 4.22. The SMILES string of the molecule is CCC(Nc1nc(Cl)cc(N)c1[N+](=O)[O-])OC(C)C. The maximum atomic E-state index is 11.0. The molecule has 0 amide bonds.